The van der Waals surface area contributed by atoms with Gasteiger partial charge in [-0.15, -0.1) is 0 Å². The van der Waals surface area contributed by atoms with Crippen LogP contribution < -0.4 is 11.1 Å². The van der Waals surface area contributed by atoms with Gasteiger partial charge in [0.1, 0.15) is 0 Å². The number of amides is 2. The second-order valence-electron chi connectivity index (χ2n) is 8.43. The summed E-state index contributed by atoms with van der Waals surface area (Å²) in [5.41, 5.74) is 6.96. The molecular weight excluding hydrogens is 561 g/mol. The monoisotopic (exact) mass is 582 g/mol. The molecule has 0 aliphatic carbocycles. The normalized spacial score (nSPS) is 16.0. The minimum Gasteiger partial charge on any atom is -0.349 e. The van der Waals surface area contributed by atoms with E-state index in [4.69, 9.17) is 28.9 Å². The molecule has 2 amide bonds. The van der Waals surface area contributed by atoms with Gasteiger partial charge < -0.3 is 16.0 Å². The van der Waals surface area contributed by atoms with Gasteiger partial charge in [0.2, 0.25) is 10.0 Å². The van der Waals surface area contributed by atoms with E-state index < -0.39 is 39.6 Å². The van der Waals surface area contributed by atoms with Gasteiger partial charge in [0.15, 0.2) is 17.8 Å². The maximum absolute atomic E-state index is 13.8. The van der Waals surface area contributed by atoms with E-state index in [9.17, 15) is 26.8 Å². The molecule has 8 nitrogen and oxygen atoms in total. The van der Waals surface area contributed by atoms with Crippen LogP contribution in [0.3, 0.4) is 0 Å². The summed E-state index contributed by atoms with van der Waals surface area (Å²) in [6, 6.07) is 13.3. The maximum atomic E-state index is 13.8. The van der Waals surface area contributed by atoms with Gasteiger partial charge in [-0.05, 0) is 47.5 Å². The quantitative estimate of drug-likeness (QED) is 0.442. The van der Waals surface area contributed by atoms with Gasteiger partial charge >= 0.3 is 0 Å². The molecule has 3 aromatic rings. The van der Waals surface area contributed by atoms with Crippen LogP contribution in [-0.2, 0) is 27.9 Å². The van der Waals surface area contributed by atoms with Gasteiger partial charge in [0, 0.05) is 31.7 Å². The van der Waals surface area contributed by atoms with Gasteiger partial charge in [-0.2, -0.15) is 4.31 Å². The minimum absolute atomic E-state index is 0.0116. The number of benzene rings is 3. The predicted molar refractivity (Wildman–Crippen MR) is 138 cm³/mol. The molecule has 3 aromatic carbocycles. The molecule has 0 bridgehead atoms. The lowest BCUT2D eigenvalue weighted by atomic mass is 10.1. The molecule has 1 unspecified atom stereocenters. The fourth-order valence-electron chi connectivity index (χ4n) is 4.06. The summed E-state index contributed by atoms with van der Waals surface area (Å²) in [6.45, 7) is -0.106. The van der Waals surface area contributed by atoms with Crippen molar-refractivity contribution in [2.45, 2.75) is 24.2 Å². The van der Waals surface area contributed by atoms with Crippen molar-refractivity contribution in [1.29, 1.82) is 0 Å². The third-order valence-corrected chi connectivity index (χ3v) is 8.57. The van der Waals surface area contributed by atoms with Crippen LogP contribution in [0.15, 0.2) is 65.6 Å². The van der Waals surface area contributed by atoms with Crippen molar-refractivity contribution >= 4 is 45.0 Å². The molecule has 1 aliphatic rings. The number of hydrogen-bond acceptors (Lipinski definition) is 5. The number of halogens is 4. The van der Waals surface area contributed by atoms with E-state index in [2.05, 4.69) is 5.32 Å². The van der Waals surface area contributed by atoms with Crippen LogP contribution >= 0.6 is 23.2 Å². The molecule has 4 rings (SSSR count). The summed E-state index contributed by atoms with van der Waals surface area (Å²) in [4.78, 5) is 27.5. The van der Waals surface area contributed by atoms with E-state index >= 15 is 0 Å². The van der Waals surface area contributed by atoms with Gasteiger partial charge in [0.05, 0.1) is 14.9 Å². The van der Waals surface area contributed by atoms with E-state index in [1.165, 1.54) is 12.1 Å². The molecule has 38 heavy (non-hydrogen) atoms. The fraction of sp³-hybridized carbons (Fsp3) is 0.200. The molecule has 1 atom stereocenters. The van der Waals surface area contributed by atoms with Crippen LogP contribution in [0.4, 0.5) is 8.78 Å². The molecule has 0 saturated carbocycles. The molecule has 0 spiro atoms. The number of rotatable bonds is 7. The minimum atomic E-state index is -4.34. The Hall–Kier alpha value is -3.09. The lowest BCUT2D eigenvalue weighted by Crippen LogP contribution is -2.53. The van der Waals surface area contributed by atoms with E-state index in [1.54, 1.807) is 18.2 Å². The van der Waals surface area contributed by atoms with Crippen molar-refractivity contribution in [1.82, 2.24) is 14.5 Å². The zero-order valence-electron chi connectivity index (χ0n) is 19.7. The summed E-state index contributed by atoms with van der Waals surface area (Å²) in [5, 5.41) is 2.79. The Kier molecular flexibility index (Phi) is 8.34. The lowest BCUT2D eigenvalue weighted by molar-refractivity contribution is -0.127. The first kappa shape index (κ1) is 27.9. The first-order valence-corrected chi connectivity index (χ1v) is 13.5. The number of nitrogens with one attached hydrogen (secondary N) is 1. The third-order valence-electron chi connectivity index (χ3n) is 5.98. The summed E-state index contributed by atoms with van der Waals surface area (Å²) in [5.74, 6) is -4.04. The Bertz CT molecular complexity index is 1510. The average molecular weight is 583 g/mol. The van der Waals surface area contributed by atoms with E-state index in [0.717, 1.165) is 33.0 Å². The predicted octanol–water partition coefficient (Wildman–Crippen LogP) is 3.52. The summed E-state index contributed by atoms with van der Waals surface area (Å²) >= 11 is 11.9. The van der Waals surface area contributed by atoms with Crippen LogP contribution in [0.1, 0.15) is 21.5 Å². The smallest absolute Gasteiger partial charge is 0.259 e. The first-order valence-electron chi connectivity index (χ1n) is 11.3. The van der Waals surface area contributed by atoms with Crippen molar-refractivity contribution in [3.63, 3.8) is 0 Å². The van der Waals surface area contributed by atoms with Gasteiger partial charge in [0.25, 0.3) is 11.8 Å². The second kappa shape index (κ2) is 11.3. The number of sulfonamides is 1. The van der Waals surface area contributed by atoms with Crippen LogP contribution in [0.2, 0.25) is 10.0 Å². The highest BCUT2D eigenvalue weighted by Crippen LogP contribution is 2.30. The summed E-state index contributed by atoms with van der Waals surface area (Å²) < 4.78 is 55.3. The highest BCUT2D eigenvalue weighted by molar-refractivity contribution is 7.89. The Morgan fingerprint density at radius 1 is 0.947 bits per heavy atom. The molecule has 3 N–H and O–H groups in total. The topological polar surface area (TPSA) is 113 Å². The molecular formula is C25H22Cl2F2N4O4S. The lowest BCUT2D eigenvalue weighted by Gasteiger charge is -2.29. The zero-order chi connectivity index (χ0) is 27.6. The highest BCUT2D eigenvalue weighted by Gasteiger charge is 2.46. The maximum Gasteiger partial charge on any atom is 0.259 e. The van der Waals surface area contributed by atoms with Crippen LogP contribution in [0.25, 0.3) is 0 Å². The SMILES string of the molecule is NCc1cccc(CNC(=O)C2N(C(=O)c3ccc(F)c(F)c3)CCN2S(=O)(=O)c2ccc(Cl)c(Cl)c2)c1. The average Bonchev–Trinajstić information content (AvgIpc) is 3.36. The molecule has 0 radical (unpaired) electrons. The van der Waals surface area contributed by atoms with E-state index in [-0.39, 0.29) is 46.7 Å². The van der Waals surface area contributed by atoms with Crippen molar-refractivity contribution < 1.29 is 26.8 Å². The van der Waals surface area contributed by atoms with Crippen LogP contribution in [-0.4, -0.2) is 48.7 Å². The summed E-state index contributed by atoms with van der Waals surface area (Å²) in [7, 11) is -4.34. The van der Waals surface area contributed by atoms with Crippen molar-refractivity contribution in [2.24, 2.45) is 5.73 Å². The molecule has 1 fully saturated rings. The largest absolute Gasteiger partial charge is 0.349 e. The Morgan fingerprint density at radius 3 is 2.37 bits per heavy atom. The third kappa shape index (κ3) is 5.67. The number of nitrogens with two attached hydrogens (primary N) is 1. The number of carbonyl (C=O) groups is 2. The molecule has 200 valence electrons. The zero-order valence-corrected chi connectivity index (χ0v) is 22.0. The molecule has 0 aromatic heterocycles. The van der Waals surface area contributed by atoms with Crippen molar-refractivity contribution in [2.75, 3.05) is 13.1 Å². The standard InChI is InChI=1S/C25H22Cl2F2N4O4S/c26-19-6-5-18(12-20(19)27)38(36,37)33-9-8-32(25(35)17-4-7-21(28)22(29)11-17)24(33)23(34)31-14-16-3-1-2-15(10-16)13-30/h1-7,10-12,24H,8-9,13-14,30H2,(H,31,34). The fourth-order valence-corrected chi connectivity index (χ4v) is 5.99. The number of carbonyl (C=O) groups excluding carboxylic acids is 2. The Morgan fingerprint density at radius 2 is 1.68 bits per heavy atom. The summed E-state index contributed by atoms with van der Waals surface area (Å²) in [6.07, 6.45) is -1.62. The highest BCUT2D eigenvalue weighted by atomic mass is 35.5. The Labute approximate surface area is 228 Å². The second-order valence-corrected chi connectivity index (χ2v) is 11.1. The Balaban J connectivity index is 1.68. The molecule has 1 aliphatic heterocycles. The molecule has 1 heterocycles. The van der Waals surface area contributed by atoms with Gasteiger partial charge in [-0.25, -0.2) is 17.2 Å². The van der Waals surface area contributed by atoms with E-state index in [0.29, 0.717) is 11.6 Å². The van der Waals surface area contributed by atoms with Crippen LogP contribution in [0, 0.1) is 11.6 Å². The molecule has 1 saturated heterocycles. The number of nitrogens with zero attached hydrogens (tertiary/aromatic N) is 2. The first-order chi connectivity index (χ1) is 18.0. The number of hydrogen-bond donors (Lipinski definition) is 2. The van der Waals surface area contributed by atoms with Crippen molar-refractivity contribution in [3.8, 4) is 0 Å². The van der Waals surface area contributed by atoms with Gasteiger partial charge in [-0.1, -0.05) is 47.5 Å². The van der Waals surface area contributed by atoms with Gasteiger partial charge in [-0.3, -0.25) is 9.59 Å². The molecule has 13 heteroatoms. The van der Waals surface area contributed by atoms with Crippen molar-refractivity contribution in [3.05, 3.63) is 99.0 Å². The van der Waals surface area contributed by atoms with Crippen LogP contribution in [0.5, 0.6) is 0 Å². The van der Waals surface area contributed by atoms with E-state index in [1.807, 2.05) is 6.07 Å².